The number of sulfonamides is 1. The lowest BCUT2D eigenvalue weighted by molar-refractivity contribution is -0.123. The maximum absolute atomic E-state index is 12.7. The van der Waals surface area contributed by atoms with Crippen LogP contribution < -0.4 is 16.2 Å². The molecule has 0 radical (unpaired) electrons. The van der Waals surface area contributed by atoms with Gasteiger partial charge in [0.05, 0.1) is 17.4 Å². The number of hydrazine groups is 1. The van der Waals surface area contributed by atoms with Crippen LogP contribution in [0, 0.1) is 6.92 Å². The Kier molecular flexibility index (Phi) is 9.12. The summed E-state index contributed by atoms with van der Waals surface area (Å²) in [5.41, 5.74) is 6.50. The van der Waals surface area contributed by atoms with Gasteiger partial charge in [0.2, 0.25) is 21.8 Å². The predicted octanol–water partition coefficient (Wildman–Crippen LogP) is 2.05. The molecule has 0 bridgehead atoms. The van der Waals surface area contributed by atoms with Crippen molar-refractivity contribution in [1.82, 2.24) is 20.5 Å². The van der Waals surface area contributed by atoms with Gasteiger partial charge in [-0.15, -0.1) is 0 Å². The summed E-state index contributed by atoms with van der Waals surface area (Å²) < 4.78 is 26.7. The Morgan fingerprint density at radius 1 is 0.970 bits per heavy atom. The van der Waals surface area contributed by atoms with E-state index in [2.05, 4.69) is 16.2 Å². The molecule has 9 nitrogen and oxygen atoms in total. The highest BCUT2D eigenvalue weighted by molar-refractivity contribution is 7.89. The molecule has 1 unspecified atom stereocenters. The van der Waals surface area contributed by atoms with Crippen molar-refractivity contribution in [2.24, 2.45) is 0 Å². The largest absolute Gasteiger partial charge is 0.349 e. The molecule has 2 aromatic rings. The van der Waals surface area contributed by atoms with Crippen LogP contribution in [-0.4, -0.2) is 43.5 Å². The zero-order valence-electron chi connectivity index (χ0n) is 19.2. The summed E-state index contributed by atoms with van der Waals surface area (Å²) in [5.74, 6) is -1.47. The Bertz CT molecular complexity index is 1100. The molecule has 2 rings (SSSR count). The molecule has 0 aliphatic rings. The quantitative estimate of drug-likeness (QED) is 0.480. The summed E-state index contributed by atoms with van der Waals surface area (Å²) in [6.45, 7) is 7.38. The van der Waals surface area contributed by atoms with Gasteiger partial charge in [-0.1, -0.05) is 49.7 Å². The van der Waals surface area contributed by atoms with E-state index < -0.39 is 27.9 Å². The lowest BCUT2D eigenvalue weighted by atomic mass is 10.0. The molecule has 3 N–H and O–H groups in total. The molecule has 10 heteroatoms. The van der Waals surface area contributed by atoms with Gasteiger partial charge in [-0.3, -0.25) is 25.2 Å². The van der Waals surface area contributed by atoms with Crippen molar-refractivity contribution in [2.45, 2.75) is 45.1 Å². The third-order valence-corrected chi connectivity index (χ3v) is 7.05. The van der Waals surface area contributed by atoms with Crippen LogP contribution in [0.3, 0.4) is 0 Å². The number of aryl methyl sites for hydroxylation is 1. The molecular formula is C23H30N4O5S. The first kappa shape index (κ1) is 26.0. The summed E-state index contributed by atoms with van der Waals surface area (Å²) in [7, 11) is -3.72. The number of benzene rings is 2. The van der Waals surface area contributed by atoms with Gasteiger partial charge in [-0.2, -0.15) is 4.31 Å². The SMILES string of the molecule is CCN(CC)S(=O)(=O)c1cccc(C(=O)NNC(=O)CC(NC(C)=O)c2ccc(C)cc2)c1. The van der Waals surface area contributed by atoms with Crippen LogP contribution in [-0.2, 0) is 19.6 Å². The van der Waals surface area contributed by atoms with Crippen LogP contribution in [0.15, 0.2) is 53.4 Å². The van der Waals surface area contributed by atoms with E-state index in [0.29, 0.717) is 13.1 Å². The molecule has 3 amide bonds. The van der Waals surface area contributed by atoms with Gasteiger partial charge >= 0.3 is 0 Å². The molecule has 0 fully saturated rings. The lowest BCUT2D eigenvalue weighted by Gasteiger charge is -2.19. The van der Waals surface area contributed by atoms with Crippen LogP contribution in [0.5, 0.6) is 0 Å². The van der Waals surface area contributed by atoms with Gasteiger partial charge in [0.1, 0.15) is 0 Å². The minimum Gasteiger partial charge on any atom is -0.349 e. The second kappa shape index (κ2) is 11.6. The van der Waals surface area contributed by atoms with Crippen molar-refractivity contribution in [1.29, 1.82) is 0 Å². The van der Waals surface area contributed by atoms with E-state index in [-0.39, 0.29) is 22.8 Å². The summed E-state index contributed by atoms with van der Waals surface area (Å²) in [6, 6.07) is 12.4. The number of nitrogens with zero attached hydrogens (tertiary/aromatic N) is 1. The van der Waals surface area contributed by atoms with Crippen LogP contribution in [0.25, 0.3) is 0 Å². The molecule has 2 aromatic carbocycles. The minimum absolute atomic E-state index is 0.00438. The average Bonchev–Trinajstić information content (AvgIpc) is 2.78. The van der Waals surface area contributed by atoms with E-state index in [4.69, 9.17) is 0 Å². The molecule has 0 saturated heterocycles. The molecule has 0 aliphatic carbocycles. The molecule has 0 spiro atoms. The maximum atomic E-state index is 12.7. The minimum atomic E-state index is -3.72. The van der Waals surface area contributed by atoms with Crippen molar-refractivity contribution >= 4 is 27.7 Å². The summed E-state index contributed by atoms with van der Waals surface area (Å²) in [4.78, 5) is 36.5. The number of rotatable bonds is 9. The molecule has 1 atom stereocenters. The first-order chi connectivity index (χ1) is 15.6. The second-order valence-corrected chi connectivity index (χ2v) is 9.43. The number of carbonyl (C=O) groups is 3. The second-order valence-electron chi connectivity index (χ2n) is 7.49. The van der Waals surface area contributed by atoms with Crippen LogP contribution >= 0.6 is 0 Å². The van der Waals surface area contributed by atoms with Crippen molar-refractivity contribution in [3.05, 3.63) is 65.2 Å². The third kappa shape index (κ3) is 7.13. The maximum Gasteiger partial charge on any atom is 0.269 e. The van der Waals surface area contributed by atoms with E-state index in [9.17, 15) is 22.8 Å². The van der Waals surface area contributed by atoms with E-state index in [1.807, 2.05) is 31.2 Å². The smallest absolute Gasteiger partial charge is 0.269 e. The Morgan fingerprint density at radius 3 is 2.18 bits per heavy atom. The van der Waals surface area contributed by atoms with Gasteiger partial charge in [-0.25, -0.2) is 8.42 Å². The Labute approximate surface area is 194 Å². The third-order valence-electron chi connectivity index (χ3n) is 5.00. The van der Waals surface area contributed by atoms with Gasteiger partial charge in [0, 0.05) is 25.6 Å². The summed E-state index contributed by atoms with van der Waals surface area (Å²) >= 11 is 0. The van der Waals surface area contributed by atoms with Gasteiger partial charge in [0.25, 0.3) is 5.91 Å². The average molecular weight is 475 g/mol. The zero-order chi connectivity index (χ0) is 24.6. The molecule has 0 saturated carbocycles. The molecular weight excluding hydrogens is 444 g/mol. The first-order valence-electron chi connectivity index (χ1n) is 10.6. The highest BCUT2D eigenvalue weighted by Crippen LogP contribution is 2.18. The number of carbonyl (C=O) groups excluding carboxylic acids is 3. The Hall–Kier alpha value is -3.24. The summed E-state index contributed by atoms with van der Waals surface area (Å²) in [6.07, 6.45) is -0.0979. The zero-order valence-corrected chi connectivity index (χ0v) is 20.0. The molecule has 0 aromatic heterocycles. The van der Waals surface area contributed by atoms with E-state index in [1.165, 1.54) is 35.5 Å². The van der Waals surface area contributed by atoms with E-state index in [0.717, 1.165) is 11.1 Å². The molecule has 0 heterocycles. The summed E-state index contributed by atoms with van der Waals surface area (Å²) in [5, 5.41) is 2.73. The van der Waals surface area contributed by atoms with E-state index >= 15 is 0 Å². The lowest BCUT2D eigenvalue weighted by Crippen LogP contribution is -2.43. The fourth-order valence-electron chi connectivity index (χ4n) is 3.24. The van der Waals surface area contributed by atoms with Crippen molar-refractivity contribution in [3.63, 3.8) is 0 Å². The van der Waals surface area contributed by atoms with E-state index in [1.54, 1.807) is 13.8 Å². The highest BCUT2D eigenvalue weighted by atomic mass is 32.2. The van der Waals surface area contributed by atoms with Crippen molar-refractivity contribution < 1.29 is 22.8 Å². The Balaban J connectivity index is 2.06. The molecule has 0 aliphatic heterocycles. The van der Waals surface area contributed by atoms with Gasteiger partial charge in [0.15, 0.2) is 0 Å². The predicted molar refractivity (Wildman–Crippen MR) is 125 cm³/mol. The fourth-order valence-corrected chi connectivity index (χ4v) is 4.75. The highest BCUT2D eigenvalue weighted by Gasteiger charge is 2.23. The number of amides is 3. The monoisotopic (exact) mass is 474 g/mol. The normalized spacial score (nSPS) is 12.2. The van der Waals surface area contributed by atoms with Crippen molar-refractivity contribution in [3.8, 4) is 0 Å². The number of hydrogen-bond donors (Lipinski definition) is 3. The van der Waals surface area contributed by atoms with Crippen molar-refractivity contribution in [2.75, 3.05) is 13.1 Å². The topological polar surface area (TPSA) is 125 Å². The number of nitrogens with one attached hydrogen (secondary N) is 3. The molecule has 33 heavy (non-hydrogen) atoms. The standard InChI is InChI=1S/C23H30N4O5S/c1-5-27(6-2)33(31,32)20-9-7-8-19(14-20)23(30)26-25-22(29)15-21(24-17(4)28)18-12-10-16(3)11-13-18/h7-14,21H,5-6,15H2,1-4H3,(H,24,28)(H,25,29)(H,26,30). The van der Waals surface area contributed by atoms with Crippen LogP contribution in [0.4, 0.5) is 0 Å². The first-order valence-corrected chi connectivity index (χ1v) is 12.1. The van der Waals surface area contributed by atoms with Gasteiger partial charge < -0.3 is 5.32 Å². The van der Waals surface area contributed by atoms with Gasteiger partial charge in [-0.05, 0) is 30.7 Å². The van der Waals surface area contributed by atoms with Crippen LogP contribution in [0.2, 0.25) is 0 Å². The Morgan fingerprint density at radius 2 is 1.61 bits per heavy atom. The van der Waals surface area contributed by atoms with Crippen LogP contribution in [0.1, 0.15) is 54.7 Å². The fraction of sp³-hybridized carbons (Fsp3) is 0.348. The molecule has 178 valence electrons. The number of hydrogen-bond acceptors (Lipinski definition) is 5.